The zero-order valence-corrected chi connectivity index (χ0v) is 15.5. The molecule has 1 aromatic carbocycles. The lowest BCUT2D eigenvalue weighted by Gasteiger charge is -2.37. The van der Waals surface area contributed by atoms with Gasteiger partial charge >= 0.3 is 6.18 Å². The first-order valence-electron chi connectivity index (χ1n) is 9.02. The first-order chi connectivity index (χ1) is 12.8. The van der Waals surface area contributed by atoms with Gasteiger partial charge in [0, 0.05) is 44.3 Å². The summed E-state index contributed by atoms with van der Waals surface area (Å²) in [5, 5.41) is 0. The molecule has 1 fully saturated rings. The van der Waals surface area contributed by atoms with Gasteiger partial charge in [0.2, 0.25) is 5.95 Å². The van der Waals surface area contributed by atoms with E-state index in [1.54, 1.807) is 6.07 Å². The largest absolute Gasteiger partial charge is 0.416 e. The standard InChI is InChI=1S/C19H24F3N5/c1-13(2)26-7-9-27(10-8-26)18-24-16(12-23)11-17(25-18)14-3-5-15(6-4-14)19(20,21)22/h3-6,11,13H,7-10,12,23H2,1-2H3. The van der Waals surface area contributed by atoms with Gasteiger partial charge in [-0.1, -0.05) is 12.1 Å². The van der Waals surface area contributed by atoms with Crippen molar-refractivity contribution in [2.24, 2.45) is 5.73 Å². The summed E-state index contributed by atoms with van der Waals surface area (Å²) in [6.07, 6.45) is -4.35. The van der Waals surface area contributed by atoms with E-state index in [9.17, 15) is 13.2 Å². The third-order valence-corrected chi connectivity index (χ3v) is 4.81. The van der Waals surface area contributed by atoms with Crippen LogP contribution in [-0.4, -0.2) is 47.1 Å². The van der Waals surface area contributed by atoms with Gasteiger partial charge in [0.25, 0.3) is 0 Å². The van der Waals surface area contributed by atoms with Crippen molar-refractivity contribution >= 4 is 5.95 Å². The van der Waals surface area contributed by atoms with E-state index in [2.05, 4.69) is 33.6 Å². The molecule has 8 heteroatoms. The normalized spacial score (nSPS) is 16.2. The van der Waals surface area contributed by atoms with Gasteiger partial charge in [0.15, 0.2) is 0 Å². The minimum absolute atomic E-state index is 0.245. The summed E-state index contributed by atoms with van der Waals surface area (Å²) in [7, 11) is 0. The van der Waals surface area contributed by atoms with Crippen molar-refractivity contribution < 1.29 is 13.2 Å². The molecule has 5 nitrogen and oxygen atoms in total. The first-order valence-corrected chi connectivity index (χ1v) is 9.02. The van der Waals surface area contributed by atoms with E-state index in [1.807, 2.05) is 0 Å². The Labute approximate surface area is 157 Å². The molecule has 2 heterocycles. The number of piperazine rings is 1. The number of anilines is 1. The zero-order chi connectivity index (χ0) is 19.6. The van der Waals surface area contributed by atoms with Crippen molar-refractivity contribution in [3.05, 3.63) is 41.6 Å². The average Bonchev–Trinajstić information content (AvgIpc) is 2.67. The van der Waals surface area contributed by atoms with E-state index in [1.165, 1.54) is 12.1 Å². The molecule has 0 amide bonds. The molecule has 2 N–H and O–H groups in total. The molecule has 1 aliphatic heterocycles. The first kappa shape index (κ1) is 19.6. The van der Waals surface area contributed by atoms with Crippen molar-refractivity contribution in [3.8, 4) is 11.3 Å². The summed E-state index contributed by atoms with van der Waals surface area (Å²) in [6, 6.07) is 7.24. The second-order valence-corrected chi connectivity index (χ2v) is 6.94. The highest BCUT2D eigenvalue weighted by molar-refractivity contribution is 5.61. The predicted molar refractivity (Wildman–Crippen MR) is 99.3 cm³/mol. The Bertz CT molecular complexity index is 766. The Morgan fingerprint density at radius 3 is 2.19 bits per heavy atom. The van der Waals surface area contributed by atoms with Crippen LogP contribution in [0.4, 0.5) is 19.1 Å². The van der Waals surface area contributed by atoms with Crippen LogP contribution in [0.3, 0.4) is 0 Å². The fourth-order valence-corrected chi connectivity index (χ4v) is 3.15. The van der Waals surface area contributed by atoms with Gasteiger partial charge in [-0.3, -0.25) is 4.90 Å². The summed E-state index contributed by atoms with van der Waals surface area (Å²) in [4.78, 5) is 13.6. The second-order valence-electron chi connectivity index (χ2n) is 6.94. The third kappa shape index (κ3) is 4.56. The van der Waals surface area contributed by atoms with Crippen LogP contribution < -0.4 is 10.6 Å². The molecular weight excluding hydrogens is 355 g/mol. The molecule has 1 saturated heterocycles. The number of nitrogens with two attached hydrogens (primary N) is 1. The van der Waals surface area contributed by atoms with Gasteiger partial charge in [-0.25, -0.2) is 9.97 Å². The molecule has 3 rings (SSSR count). The van der Waals surface area contributed by atoms with Crippen LogP contribution in [0.2, 0.25) is 0 Å². The highest BCUT2D eigenvalue weighted by atomic mass is 19.4. The molecule has 0 radical (unpaired) electrons. The molecule has 146 valence electrons. The van der Waals surface area contributed by atoms with Gasteiger partial charge in [-0.15, -0.1) is 0 Å². The maximum atomic E-state index is 12.8. The number of hydrogen-bond donors (Lipinski definition) is 1. The van der Waals surface area contributed by atoms with Crippen molar-refractivity contribution in [1.29, 1.82) is 0 Å². The molecule has 0 spiro atoms. The van der Waals surface area contributed by atoms with Crippen molar-refractivity contribution in [1.82, 2.24) is 14.9 Å². The number of hydrogen-bond acceptors (Lipinski definition) is 5. The van der Waals surface area contributed by atoms with Crippen LogP contribution in [0, 0.1) is 0 Å². The van der Waals surface area contributed by atoms with E-state index < -0.39 is 11.7 Å². The Balaban J connectivity index is 1.86. The minimum atomic E-state index is -4.35. The van der Waals surface area contributed by atoms with Gasteiger partial charge in [-0.05, 0) is 32.0 Å². The number of nitrogens with zero attached hydrogens (tertiary/aromatic N) is 4. The fourth-order valence-electron chi connectivity index (χ4n) is 3.15. The van der Waals surface area contributed by atoms with E-state index in [4.69, 9.17) is 5.73 Å². The molecule has 0 bridgehead atoms. The number of alkyl halides is 3. The van der Waals surface area contributed by atoms with Gasteiger partial charge in [-0.2, -0.15) is 13.2 Å². The van der Waals surface area contributed by atoms with E-state index in [0.717, 1.165) is 38.3 Å². The molecule has 2 aromatic rings. The van der Waals surface area contributed by atoms with E-state index in [0.29, 0.717) is 28.9 Å². The monoisotopic (exact) mass is 379 g/mol. The molecule has 1 aromatic heterocycles. The van der Waals surface area contributed by atoms with Crippen molar-refractivity contribution in [3.63, 3.8) is 0 Å². The summed E-state index contributed by atoms with van der Waals surface area (Å²) in [5.74, 6) is 0.580. The molecule has 0 unspecified atom stereocenters. The quantitative estimate of drug-likeness (QED) is 0.884. The highest BCUT2D eigenvalue weighted by Crippen LogP contribution is 2.31. The van der Waals surface area contributed by atoms with Crippen LogP contribution in [0.1, 0.15) is 25.1 Å². The van der Waals surface area contributed by atoms with Crippen molar-refractivity contribution in [2.75, 3.05) is 31.1 Å². The topological polar surface area (TPSA) is 58.3 Å². The van der Waals surface area contributed by atoms with E-state index in [-0.39, 0.29) is 6.54 Å². The van der Waals surface area contributed by atoms with Crippen LogP contribution >= 0.6 is 0 Å². The van der Waals surface area contributed by atoms with Crippen LogP contribution in [-0.2, 0) is 12.7 Å². The number of halogens is 3. The molecule has 1 aliphatic rings. The lowest BCUT2D eigenvalue weighted by atomic mass is 10.1. The van der Waals surface area contributed by atoms with Crippen LogP contribution in [0.25, 0.3) is 11.3 Å². The number of benzene rings is 1. The molecule has 0 atom stereocenters. The molecule has 0 saturated carbocycles. The molecular formula is C19H24F3N5. The van der Waals surface area contributed by atoms with Gasteiger partial charge in [0.05, 0.1) is 17.0 Å². The smallest absolute Gasteiger partial charge is 0.338 e. The van der Waals surface area contributed by atoms with Gasteiger partial charge < -0.3 is 10.6 Å². The minimum Gasteiger partial charge on any atom is -0.338 e. The highest BCUT2D eigenvalue weighted by Gasteiger charge is 2.30. The molecule has 27 heavy (non-hydrogen) atoms. The summed E-state index contributed by atoms with van der Waals surface area (Å²) < 4.78 is 38.3. The Kier molecular flexibility index (Phi) is 5.67. The average molecular weight is 379 g/mol. The summed E-state index contributed by atoms with van der Waals surface area (Å²) in [6.45, 7) is 8.03. The number of rotatable bonds is 4. The maximum Gasteiger partial charge on any atom is 0.416 e. The third-order valence-electron chi connectivity index (χ3n) is 4.81. The second kappa shape index (κ2) is 7.82. The summed E-state index contributed by atoms with van der Waals surface area (Å²) in [5.41, 5.74) is 6.96. The Hall–Kier alpha value is -2.19. The molecule has 0 aliphatic carbocycles. The van der Waals surface area contributed by atoms with Crippen molar-refractivity contribution in [2.45, 2.75) is 32.6 Å². The predicted octanol–water partition coefficient (Wildman–Crippen LogP) is 3.15. The SMILES string of the molecule is CC(C)N1CCN(c2nc(CN)cc(-c3ccc(C(F)(F)F)cc3)n2)CC1. The lowest BCUT2D eigenvalue weighted by molar-refractivity contribution is -0.137. The Morgan fingerprint density at radius 1 is 1.04 bits per heavy atom. The Morgan fingerprint density at radius 2 is 1.67 bits per heavy atom. The number of aromatic nitrogens is 2. The summed E-state index contributed by atoms with van der Waals surface area (Å²) >= 11 is 0. The van der Waals surface area contributed by atoms with Gasteiger partial charge in [0.1, 0.15) is 0 Å². The zero-order valence-electron chi connectivity index (χ0n) is 15.5. The van der Waals surface area contributed by atoms with Crippen LogP contribution in [0.5, 0.6) is 0 Å². The van der Waals surface area contributed by atoms with E-state index >= 15 is 0 Å². The van der Waals surface area contributed by atoms with Crippen LogP contribution in [0.15, 0.2) is 30.3 Å². The lowest BCUT2D eigenvalue weighted by Crippen LogP contribution is -2.49. The maximum absolute atomic E-state index is 12.8. The fraction of sp³-hybridized carbons (Fsp3) is 0.474.